The zero-order valence-corrected chi connectivity index (χ0v) is 20.6. The van der Waals surface area contributed by atoms with Gasteiger partial charge in [-0.25, -0.2) is 8.42 Å². The maximum Gasteiger partial charge on any atom is 0.389 e. The third-order valence-electron chi connectivity index (χ3n) is 6.39. The van der Waals surface area contributed by atoms with Crippen LogP contribution in [0.15, 0.2) is 10.6 Å². The Kier molecular flexibility index (Phi) is 8.78. The topological polar surface area (TPSA) is 95.7 Å². The molecule has 0 spiro atoms. The van der Waals surface area contributed by atoms with Gasteiger partial charge in [-0.15, -0.1) is 0 Å². The van der Waals surface area contributed by atoms with Gasteiger partial charge in [0.2, 0.25) is 0 Å². The highest BCUT2D eigenvalue weighted by molar-refractivity contribution is 7.93. The molecule has 1 aliphatic heterocycles. The minimum Gasteiger partial charge on any atom is -0.361 e. The summed E-state index contributed by atoms with van der Waals surface area (Å²) in [5.74, 6) is -1.21. The van der Waals surface area contributed by atoms with E-state index in [0.717, 1.165) is 19.3 Å². The maximum absolute atomic E-state index is 12.8. The van der Waals surface area contributed by atoms with E-state index >= 15 is 0 Å². The molecular formula is C22H34F3NO6S. The van der Waals surface area contributed by atoms with Crippen LogP contribution >= 0.6 is 0 Å². The van der Waals surface area contributed by atoms with Crippen molar-refractivity contribution < 1.29 is 40.4 Å². The van der Waals surface area contributed by atoms with Crippen molar-refractivity contribution in [3.63, 3.8) is 0 Å². The van der Waals surface area contributed by atoms with Crippen LogP contribution in [0.5, 0.6) is 0 Å². The number of Topliss-reactive ketones (excluding diaryl/α,β-unsaturated/α-hetero) is 1. The van der Waals surface area contributed by atoms with Gasteiger partial charge in [-0.2, -0.15) is 13.2 Å². The van der Waals surface area contributed by atoms with Gasteiger partial charge in [-0.1, -0.05) is 19.0 Å². The summed E-state index contributed by atoms with van der Waals surface area (Å²) >= 11 is 0. The lowest BCUT2D eigenvalue weighted by molar-refractivity contribution is -0.196. The predicted octanol–water partition coefficient (Wildman–Crippen LogP) is 4.53. The molecule has 1 saturated heterocycles. The molecule has 1 aromatic rings. The Morgan fingerprint density at radius 1 is 1.24 bits per heavy atom. The number of hydrogen-bond acceptors (Lipinski definition) is 7. The van der Waals surface area contributed by atoms with Gasteiger partial charge < -0.3 is 14.0 Å². The fourth-order valence-electron chi connectivity index (χ4n) is 3.39. The summed E-state index contributed by atoms with van der Waals surface area (Å²) < 4.78 is 77.3. The molecular weight excluding hydrogens is 463 g/mol. The number of aromatic nitrogens is 1. The van der Waals surface area contributed by atoms with E-state index in [-0.39, 0.29) is 24.6 Å². The third kappa shape index (κ3) is 7.26. The van der Waals surface area contributed by atoms with Crippen LogP contribution in [0.3, 0.4) is 0 Å². The van der Waals surface area contributed by atoms with Crippen molar-refractivity contribution in [3.05, 3.63) is 17.5 Å². The van der Waals surface area contributed by atoms with Gasteiger partial charge >= 0.3 is 6.18 Å². The summed E-state index contributed by atoms with van der Waals surface area (Å²) in [5.41, 5.74) is -0.0374. The van der Waals surface area contributed by atoms with E-state index in [0.29, 0.717) is 12.3 Å². The van der Waals surface area contributed by atoms with Crippen molar-refractivity contribution in [2.24, 2.45) is 0 Å². The minimum atomic E-state index is -4.45. The molecule has 33 heavy (non-hydrogen) atoms. The van der Waals surface area contributed by atoms with Crippen molar-refractivity contribution in [1.29, 1.82) is 0 Å². The molecule has 2 heterocycles. The van der Waals surface area contributed by atoms with Crippen LogP contribution in [0, 0.1) is 0 Å². The molecule has 2 rings (SSSR count). The molecule has 0 amide bonds. The second-order valence-corrected chi connectivity index (χ2v) is 12.3. The lowest BCUT2D eigenvalue weighted by Gasteiger charge is -2.34. The molecule has 2 atom stereocenters. The SMILES string of the molecule is C[C@@H](OC1CCCCO1)C(C)(C)c1cc(CC(=O)C(C)(C)S(=O)(=O)CCCC(F)(F)F)on1. The summed E-state index contributed by atoms with van der Waals surface area (Å²) in [4.78, 5) is 12.8. The Labute approximate surface area is 193 Å². The number of ketones is 1. The van der Waals surface area contributed by atoms with Gasteiger partial charge in [0.05, 0.1) is 24.0 Å². The molecule has 190 valence electrons. The average Bonchev–Trinajstić information content (AvgIpc) is 3.16. The summed E-state index contributed by atoms with van der Waals surface area (Å²) in [6.07, 6.45) is -4.31. The molecule has 1 aliphatic rings. The molecule has 1 unspecified atom stereocenters. The molecule has 0 N–H and O–H groups in total. The van der Waals surface area contributed by atoms with Crippen molar-refractivity contribution in [2.75, 3.05) is 12.4 Å². The van der Waals surface area contributed by atoms with Crippen molar-refractivity contribution in [3.8, 4) is 0 Å². The van der Waals surface area contributed by atoms with Gasteiger partial charge in [-0.3, -0.25) is 4.79 Å². The third-order valence-corrected chi connectivity index (χ3v) is 9.00. The highest BCUT2D eigenvalue weighted by atomic mass is 32.2. The van der Waals surface area contributed by atoms with Crippen LogP contribution in [-0.2, 0) is 35.9 Å². The standard InChI is InChI=1S/C22H34F3NO6S/c1-15(31-19-9-6-7-11-30-19)20(2,3)17-13-16(32-26-17)14-18(27)21(4,5)33(28,29)12-8-10-22(23,24)25/h13,15,19H,6-12,14H2,1-5H3/t15-,19?/m1/s1. The highest BCUT2D eigenvalue weighted by Gasteiger charge is 2.42. The Morgan fingerprint density at radius 2 is 1.91 bits per heavy atom. The van der Waals surface area contributed by atoms with Crippen LogP contribution in [-0.4, -0.2) is 55.0 Å². The lowest BCUT2D eigenvalue weighted by Crippen LogP contribution is -2.43. The number of halogens is 3. The fourth-order valence-corrected chi connectivity index (χ4v) is 4.84. The van der Waals surface area contributed by atoms with Gasteiger partial charge in [0, 0.05) is 24.5 Å². The first kappa shape index (κ1) is 27.8. The largest absolute Gasteiger partial charge is 0.389 e. The molecule has 0 aromatic carbocycles. The zero-order chi connectivity index (χ0) is 25.1. The molecule has 0 bridgehead atoms. The number of rotatable bonds is 11. The van der Waals surface area contributed by atoms with Crippen LogP contribution in [0.2, 0.25) is 0 Å². The molecule has 1 fully saturated rings. The Balaban J connectivity index is 2.03. The summed E-state index contributed by atoms with van der Waals surface area (Å²) in [6.45, 7) is 8.80. The van der Waals surface area contributed by atoms with Crippen molar-refractivity contribution in [1.82, 2.24) is 5.16 Å². The molecule has 0 saturated carbocycles. The van der Waals surface area contributed by atoms with E-state index < -0.39 is 50.6 Å². The molecule has 1 aromatic heterocycles. The van der Waals surface area contributed by atoms with Gasteiger partial charge in [0.25, 0.3) is 0 Å². The Morgan fingerprint density at radius 3 is 2.48 bits per heavy atom. The molecule has 0 aliphatic carbocycles. The van der Waals surface area contributed by atoms with Crippen molar-refractivity contribution in [2.45, 2.75) is 102 Å². The lowest BCUT2D eigenvalue weighted by atomic mass is 9.83. The summed E-state index contributed by atoms with van der Waals surface area (Å²) in [7, 11) is -4.10. The van der Waals surface area contributed by atoms with E-state index in [1.807, 2.05) is 20.8 Å². The summed E-state index contributed by atoms with van der Waals surface area (Å²) in [6, 6.07) is 1.59. The van der Waals surface area contributed by atoms with Crippen molar-refractivity contribution >= 4 is 15.6 Å². The van der Waals surface area contributed by atoms with Gasteiger partial charge in [0.15, 0.2) is 21.9 Å². The van der Waals surface area contributed by atoms with Crippen LogP contribution < -0.4 is 0 Å². The van der Waals surface area contributed by atoms with E-state index in [4.69, 9.17) is 14.0 Å². The smallest absolute Gasteiger partial charge is 0.361 e. The quantitative estimate of drug-likeness (QED) is 0.443. The average molecular weight is 498 g/mol. The Bertz CT molecular complexity index is 901. The van der Waals surface area contributed by atoms with Crippen LogP contribution in [0.4, 0.5) is 13.2 Å². The van der Waals surface area contributed by atoms with Crippen LogP contribution in [0.1, 0.15) is 78.2 Å². The Hall–Kier alpha value is -1.46. The zero-order valence-electron chi connectivity index (χ0n) is 19.8. The fraction of sp³-hybridized carbons (Fsp3) is 0.818. The number of sulfone groups is 1. The highest BCUT2D eigenvalue weighted by Crippen LogP contribution is 2.32. The van der Waals surface area contributed by atoms with E-state index in [2.05, 4.69) is 5.16 Å². The number of alkyl halides is 3. The first-order valence-electron chi connectivity index (χ1n) is 11.1. The van der Waals surface area contributed by atoms with Crippen LogP contribution in [0.25, 0.3) is 0 Å². The molecule has 0 radical (unpaired) electrons. The summed E-state index contributed by atoms with van der Waals surface area (Å²) in [5, 5.41) is 4.05. The number of hydrogen-bond donors (Lipinski definition) is 0. The molecule has 7 nitrogen and oxygen atoms in total. The van der Waals surface area contributed by atoms with Gasteiger partial charge in [0.1, 0.15) is 10.5 Å². The predicted molar refractivity (Wildman–Crippen MR) is 116 cm³/mol. The molecule has 11 heteroatoms. The van der Waals surface area contributed by atoms with E-state index in [1.165, 1.54) is 13.8 Å². The van der Waals surface area contributed by atoms with E-state index in [9.17, 15) is 26.4 Å². The second kappa shape index (κ2) is 10.4. The maximum atomic E-state index is 12.8. The first-order chi connectivity index (χ1) is 15.1. The second-order valence-electron chi connectivity index (χ2n) is 9.62. The number of ether oxygens (including phenoxy) is 2. The normalized spacial score (nSPS) is 19.5. The number of carbonyl (C=O) groups excluding carboxylic acids is 1. The number of nitrogens with zero attached hydrogens (tertiary/aromatic N) is 1. The van der Waals surface area contributed by atoms with E-state index in [1.54, 1.807) is 6.07 Å². The minimum absolute atomic E-state index is 0.183. The first-order valence-corrected chi connectivity index (χ1v) is 12.8. The van der Waals surface area contributed by atoms with Gasteiger partial charge in [-0.05, 0) is 46.5 Å². The number of carbonyl (C=O) groups is 1. The monoisotopic (exact) mass is 497 g/mol.